The van der Waals surface area contributed by atoms with Crippen molar-refractivity contribution >= 4 is 18.3 Å². The van der Waals surface area contributed by atoms with Crippen molar-refractivity contribution in [1.29, 1.82) is 0 Å². The van der Waals surface area contributed by atoms with Crippen LogP contribution in [-0.4, -0.2) is 25.5 Å². The van der Waals surface area contributed by atoms with Crippen LogP contribution in [0.1, 0.15) is 57.8 Å². The van der Waals surface area contributed by atoms with Crippen LogP contribution in [0.25, 0.3) is 0 Å². The van der Waals surface area contributed by atoms with Crippen LogP contribution in [0.4, 0.5) is 0 Å². The molecule has 0 aromatic heterocycles. The normalized spacial score (nSPS) is 25.8. The summed E-state index contributed by atoms with van der Waals surface area (Å²) >= 11 is 0. The molecule has 1 heterocycles. The molecule has 19 heavy (non-hydrogen) atoms. The summed E-state index contributed by atoms with van der Waals surface area (Å²) in [7, 11) is 0. The number of piperidine rings is 1. The van der Waals surface area contributed by atoms with Crippen molar-refractivity contribution in [2.75, 3.05) is 19.6 Å². The molecule has 112 valence electrons. The number of nitrogens with one attached hydrogen (secondary N) is 2. The van der Waals surface area contributed by atoms with Gasteiger partial charge in [0, 0.05) is 12.5 Å². The molecule has 2 aliphatic rings. The zero-order valence-electron chi connectivity index (χ0n) is 12.0. The Hall–Kier alpha value is -0.280. The standard InChI is InChI=1S/C15H28N2O.ClH/c18-15(14-8-4-2-1-3-5-9-14)17-12-13-7-6-10-16-11-13;/h13-14,16H,1-12H2,(H,17,18);1H. The highest BCUT2D eigenvalue weighted by Gasteiger charge is 2.20. The maximum Gasteiger partial charge on any atom is 0.223 e. The third kappa shape index (κ3) is 6.13. The number of rotatable bonds is 3. The largest absolute Gasteiger partial charge is 0.356 e. The maximum atomic E-state index is 12.2. The van der Waals surface area contributed by atoms with Gasteiger partial charge in [-0.1, -0.05) is 32.1 Å². The van der Waals surface area contributed by atoms with E-state index in [1.165, 1.54) is 44.9 Å². The zero-order chi connectivity index (χ0) is 12.6. The summed E-state index contributed by atoms with van der Waals surface area (Å²) in [5, 5.41) is 6.60. The predicted octanol–water partition coefficient (Wildman–Crippen LogP) is 2.88. The van der Waals surface area contributed by atoms with Gasteiger partial charge < -0.3 is 10.6 Å². The van der Waals surface area contributed by atoms with E-state index in [9.17, 15) is 4.79 Å². The molecule has 4 heteroatoms. The highest BCUT2D eigenvalue weighted by molar-refractivity contribution is 5.85. The molecule has 1 unspecified atom stereocenters. The van der Waals surface area contributed by atoms with Gasteiger partial charge in [0.1, 0.15) is 0 Å². The predicted molar refractivity (Wildman–Crippen MR) is 81.7 cm³/mol. The Labute approximate surface area is 123 Å². The molecule has 0 bridgehead atoms. The number of halogens is 1. The van der Waals surface area contributed by atoms with Crippen molar-refractivity contribution in [2.24, 2.45) is 11.8 Å². The summed E-state index contributed by atoms with van der Waals surface area (Å²) in [6.45, 7) is 3.10. The highest BCUT2D eigenvalue weighted by atomic mass is 35.5. The van der Waals surface area contributed by atoms with Gasteiger partial charge >= 0.3 is 0 Å². The summed E-state index contributed by atoms with van der Waals surface area (Å²) in [4.78, 5) is 12.2. The van der Waals surface area contributed by atoms with E-state index >= 15 is 0 Å². The second kappa shape index (κ2) is 9.60. The van der Waals surface area contributed by atoms with Crippen LogP contribution < -0.4 is 10.6 Å². The molecule has 1 amide bonds. The fourth-order valence-corrected chi connectivity index (χ4v) is 3.21. The van der Waals surface area contributed by atoms with E-state index < -0.39 is 0 Å². The Bertz CT molecular complexity index is 247. The maximum absolute atomic E-state index is 12.2. The fraction of sp³-hybridized carbons (Fsp3) is 0.933. The topological polar surface area (TPSA) is 41.1 Å². The first kappa shape index (κ1) is 16.8. The van der Waals surface area contributed by atoms with E-state index in [0.717, 1.165) is 32.5 Å². The van der Waals surface area contributed by atoms with E-state index in [-0.39, 0.29) is 12.4 Å². The molecular weight excluding hydrogens is 260 g/mol. The number of amides is 1. The molecule has 0 aromatic rings. The van der Waals surface area contributed by atoms with Crippen molar-refractivity contribution in [3.63, 3.8) is 0 Å². The Morgan fingerprint density at radius 3 is 2.32 bits per heavy atom. The van der Waals surface area contributed by atoms with Gasteiger partial charge in [0.05, 0.1) is 0 Å². The Balaban J connectivity index is 0.00000180. The van der Waals surface area contributed by atoms with E-state index in [1.54, 1.807) is 0 Å². The quantitative estimate of drug-likeness (QED) is 0.838. The van der Waals surface area contributed by atoms with Crippen LogP contribution in [0, 0.1) is 11.8 Å². The van der Waals surface area contributed by atoms with Crippen molar-refractivity contribution in [1.82, 2.24) is 10.6 Å². The fourth-order valence-electron chi connectivity index (χ4n) is 3.21. The SMILES string of the molecule is Cl.O=C(NCC1CCCNC1)C1CCCCCCC1. The van der Waals surface area contributed by atoms with E-state index in [0.29, 0.717) is 17.7 Å². The number of hydrogen-bond donors (Lipinski definition) is 2. The second-order valence-corrected chi connectivity index (χ2v) is 6.00. The lowest BCUT2D eigenvalue weighted by molar-refractivity contribution is -0.125. The number of carbonyl (C=O) groups is 1. The van der Waals surface area contributed by atoms with E-state index in [4.69, 9.17) is 0 Å². The van der Waals surface area contributed by atoms with Crippen LogP contribution >= 0.6 is 12.4 Å². The first-order valence-electron chi connectivity index (χ1n) is 7.84. The summed E-state index contributed by atoms with van der Waals surface area (Å²) in [6, 6.07) is 0. The lowest BCUT2D eigenvalue weighted by Crippen LogP contribution is -2.40. The van der Waals surface area contributed by atoms with Crippen LogP contribution in [0.2, 0.25) is 0 Å². The molecular formula is C15H29ClN2O. The molecule has 1 aliphatic carbocycles. The molecule has 2 rings (SSSR count). The average molecular weight is 289 g/mol. The third-order valence-corrected chi connectivity index (χ3v) is 4.44. The smallest absolute Gasteiger partial charge is 0.223 e. The number of hydrogen-bond acceptors (Lipinski definition) is 2. The molecule has 3 nitrogen and oxygen atoms in total. The summed E-state index contributed by atoms with van der Waals surface area (Å²) < 4.78 is 0. The third-order valence-electron chi connectivity index (χ3n) is 4.44. The van der Waals surface area contributed by atoms with Crippen LogP contribution in [0.5, 0.6) is 0 Å². The van der Waals surface area contributed by atoms with Gasteiger partial charge in [-0.15, -0.1) is 12.4 Å². The molecule has 0 aromatic carbocycles. The lowest BCUT2D eigenvalue weighted by atomic mass is 9.90. The van der Waals surface area contributed by atoms with Crippen LogP contribution in [-0.2, 0) is 4.79 Å². The summed E-state index contributed by atoms with van der Waals surface area (Å²) in [5.41, 5.74) is 0. The Kier molecular flexibility index (Phi) is 8.47. The molecule has 2 fully saturated rings. The first-order chi connectivity index (χ1) is 8.86. The highest BCUT2D eigenvalue weighted by Crippen LogP contribution is 2.22. The molecule has 1 saturated carbocycles. The van der Waals surface area contributed by atoms with E-state index in [1.807, 2.05) is 0 Å². The molecule has 1 atom stereocenters. The average Bonchev–Trinajstić information content (AvgIpc) is 2.37. The van der Waals surface area contributed by atoms with E-state index in [2.05, 4.69) is 10.6 Å². The van der Waals surface area contributed by atoms with Crippen molar-refractivity contribution in [3.05, 3.63) is 0 Å². The van der Waals surface area contributed by atoms with Gasteiger partial charge in [0.25, 0.3) is 0 Å². The van der Waals surface area contributed by atoms with Crippen molar-refractivity contribution in [3.8, 4) is 0 Å². The van der Waals surface area contributed by atoms with Crippen LogP contribution in [0.15, 0.2) is 0 Å². The molecule has 1 aliphatic heterocycles. The van der Waals surface area contributed by atoms with Gasteiger partial charge in [0.15, 0.2) is 0 Å². The molecule has 1 saturated heterocycles. The molecule has 0 spiro atoms. The molecule has 2 N–H and O–H groups in total. The minimum Gasteiger partial charge on any atom is -0.356 e. The van der Waals surface area contributed by atoms with Gasteiger partial charge in [-0.05, 0) is 44.7 Å². The van der Waals surface area contributed by atoms with Crippen molar-refractivity contribution < 1.29 is 4.79 Å². The van der Waals surface area contributed by atoms with Gasteiger partial charge in [-0.3, -0.25) is 4.79 Å². The monoisotopic (exact) mass is 288 g/mol. The van der Waals surface area contributed by atoms with Gasteiger partial charge in [0.2, 0.25) is 5.91 Å². The van der Waals surface area contributed by atoms with Crippen LogP contribution in [0.3, 0.4) is 0 Å². The molecule has 0 radical (unpaired) electrons. The minimum atomic E-state index is 0. The van der Waals surface area contributed by atoms with Crippen molar-refractivity contribution in [2.45, 2.75) is 57.8 Å². The van der Waals surface area contributed by atoms with Gasteiger partial charge in [-0.2, -0.15) is 0 Å². The Morgan fingerprint density at radius 1 is 1.00 bits per heavy atom. The first-order valence-corrected chi connectivity index (χ1v) is 7.84. The zero-order valence-corrected chi connectivity index (χ0v) is 12.8. The minimum absolute atomic E-state index is 0. The second-order valence-electron chi connectivity index (χ2n) is 6.00. The van der Waals surface area contributed by atoms with Gasteiger partial charge in [-0.25, -0.2) is 0 Å². The number of carbonyl (C=O) groups excluding carboxylic acids is 1. The summed E-state index contributed by atoms with van der Waals surface area (Å²) in [5.74, 6) is 1.26. The summed E-state index contributed by atoms with van der Waals surface area (Å²) in [6.07, 6.45) is 11.2. The Morgan fingerprint density at radius 2 is 1.68 bits per heavy atom. The lowest BCUT2D eigenvalue weighted by Gasteiger charge is -2.25.